The van der Waals surface area contributed by atoms with Crippen LogP contribution in [0.4, 0.5) is 0 Å². The van der Waals surface area contributed by atoms with Gasteiger partial charge in [0.05, 0.1) is 13.2 Å². The quantitative estimate of drug-likeness (QED) is 0.576. The maximum Gasteiger partial charge on any atom is 0.325 e. The van der Waals surface area contributed by atoms with E-state index in [1.54, 1.807) is 0 Å². The molecule has 0 aromatic heterocycles. The van der Waals surface area contributed by atoms with E-state index in [-0.39, 0.29) is 6.54 Å². The van der Waals surface area contributed by atoms with Gasteiger partial charge in [-0.25, -0.2) is 13.1 Å². The Kier molecular flexibility index (Phi) is 5.03. The Morgan fingerprint density at radius 2 is 2.00 bits per heavy atom. The average molecular weight is 225 g/mol. The minimum Gasteiger partial charge on any atom is -0.468 e. The lowest BCUT2D eigenvalue weighted by atomic mass is 10.4. The van der Waals surface area contributed by atoms with E-state index in [9.17, 15) is 13.2 Å². The van der Waals surface area contributed by atoms with E-state index in [2.05, 4.69) is 9.46 Å². The van der Waals surface area contributed by atoms with Crippen molar-refractivity contribution in [3.63, 3.8) is 0 Å². The van der Waals surface area contributed by atoms with Gasteiger partial charge < -0.3 is 9.84 Å². The second-order valence-electron chi connectivity index (χ2n) is 2.91. The molecule has 0 radical (unpaired) electrons. The summed E-state index contributed by atoms with van der Waals surface area (Å²) in [5.74, 6) is -0.830. The fourth-order valence-corrected chi connectivity index (χ4v) is 1.73. The lowest BCUT2D eigenvalue weighted by Gasteiger charge is -2.12. The fraction of sp³-hybridized carbons (Fsp3) is 0.857. The number of carbonyl (C=O) groups is 1. The van der Waals surface area contributed by atoms with Gasteiger partial charge in [0.1, 0.15) is 0 Å². The summed E-state index contributed by atoms with van der Waals surface area (Å²) < 4.78 is 29.0. The van der Waals surface area contributed by atoms with Gasteiger partial charge in [-0.3, -0.25) is 4.79 Å². The molecule has 84 valence electrons. The van der Waals surface area contributed by atoms with Crippen LogP contribution >= 0.6 is 0 Å². The summed E-state index contributed by atoms with van der Waals surface area (Å²) in [4.78, 5) is 10.9. The van der Waals surface area contributed by atoms with Crippen LogP contribution in [0.3, 0.4) is 0 Å². The first-order valence-corrected chi connectivity index (χ1v) is 5.60. The standard InChI is InChI=1S/C7H15NO5S/c1-5(9)4-8-14(11,12)6(2)7(10)13-3/h5-6,8-9H,4H2,1-3H3. The van der Waals surface area contributed by atoms with Crippen LogP contribution in [0.5, 0.6) is 0 Å². The lowest BCUT2D eigenvalue weighted by Crippen LogP contribution is -2.40. The number of hydrogen-bond donors (Lipinski definition) is 2. The number of nitrogens with one attached hydrogen (secondary N) is 1. The monoisotopic (exact) mass is 225 g/mol. The first-order chi connectivity index (χ1) is 6.31. The second-order valence-corrected chi connectivity index (χ2v) is 4.99. The van der Waals surface area contributed by atoms with Crippen LogP contribution in [0.25, 0.3) is 0 Å². The van der Waals surface area contributed by atoms with Crippen LogP contribution < -0.4 is 4.72 Å². The molecule has 0 rings (SSSR count). The molecule has 0 saturated heterocycles. The molecular formula is C7H15NO5S. The SMILES string of the molecule is COC(=O)C(C)S(=O)(=O)NCC(C)O. The van der Waals surface area contributed by atoms with Crippen molar-refractivity contribution in [2.24, 2.45) is 0 Å². The normalized spacial score (nSPS) is 16.0. The lowest BCUT2D eigenvalue weighted by molar-refractivity contribution is -0.139. The number of methoxy groups -OCH3 is 1. The summed E-state index contributed by atoms with van der Waals surface area (Å²) >= 11 is 0. The number of rotatable bonds is 5. The van der Waals surface area contributed by atoms with Gasteiger partial charge >= 0.3 is 5.97 Å². The van der Waals surface area contributed by atoms with E-state index in [1.807, 2.05) is 0 Å². The Labute approximate surface area is 83.3 Å². The van der Waals surface area contributed by atoms with Crippen molar-refractivity contribution in [2.75, 3.05) is 13.7 Å². The molecule has 0 heterocycles. The summed E-state index contributed by atoms with van der Waals surface area (Å²) in [6.45, 7) is 2.53. The van der Waals surface area contributed by atoms with Crippen molar-refractivity contribution >= 4 is 16.0 Å². The Bertz CT molecular complexity index is 284. The summed E-state index contributed by atoms with van der Waals surface area (Å²) in [6, 6.07) is 0. The van der Waals surface area contributed by atoms with E-state index in [0.717, 1.165) is 7.11 Å². The van der Waals surface area contributed by atoms with Gasteiger partial charge in [-0.1, -0.05) is 0 Å². The zero-order chi connectivity index (χ0) is 11.4. The highest BCUT2D eigenvalue weighted by molar-refractivity contribution is 7.90. The van der Waals surface area contributed by atoms with Crippen molar-refractivity contribution in [1.29, 1.82) is 0 Å². The molecule has 0 aliphatic carbocycles. The minimum absolute atomic E-state index is 0.121. The van der Waals surface area contributed by atoms with Gasteiger partial charge in [-0.05, 0) is 13.8 Å². The number of hydrogen-bond acceptors (Lipinski definition) is 5. The number of carbonyl (C=O) groups excluding carboxylic acids is 1. The maximum atomic E-state index is 11.3. The van der Waals surface area contributed by atoms with Crippen molar-refractivity contribution in [2.45, 2.75) is 25.2 Å². The van der Waals surface area contributed by atoms with E-state index in [1.165, 1.54) is 13.8 Å². The van der Waals surface area contributed by atoms with Gasteiger partial charge in [-0.2, -0.15) is 0 Å². The van der Waals surface area contributed by atoms with Crippen molar-refractivity contribution in [1.82, 2.24) is 4.72 Å². The highest BCUT2D eigenvalue weighted by atomic mass is 32.2. The number of sulfonamides is 1. The molecule has 0 aromatic rings. The molecule has 0 bridgehead atoms. The number of aliphatic hydroxyl groups is 1. The van der Waals surface area contributed by atoms with Crippen molar-refractivity contribution < 1.29 is 23.1 Å². The van der Waals surface area contributed by atoms with Gasteiger partial charge in [-0.15, -0.1) is 0 Å². The topological polar surface area (TPSA) is 92.7 Å². The average Bonchev–Trinajstić information content (AvgIpc) is 2.12. The van der Waals surface area contributed by atoms with Gasteiger partial charge in [0.15, 0.2) is 5.25 Å². The summed E-state index contributed by atoms with van der Waals surface area (Å²) in [6.07, 6.45) is -0.797. The smallest absolute Gasteiger partial charge is 0.325 e. The molecule has 0 aliphatic rings. The molecule has 0 amide bonds. The van der Waals surface area contributed by atoms with Gasteiger partial charge in [0, 0.05) is 6.54 Å². The first kappa shape index (κ1) is 13.3. The van der Waals surface area contributed by atoms with Crippen LogP contribution in [0.15, 0.2) is 0 Å². The highest BCUT2D eigenvalue weighted by Crippen LogP contribution is 2.00. The van der Waals surface area contributed by atoms with E-state index < -0.39 is 27.3 Å². The zero-order valence-electron chi connectivity index (χ0n) is 8.35. The first-order valence-electron chi connectivity index (χ1n) is 4.05. The van der Waals surface area contributed by atoms with Crippen molar-refractivity contribution in [3.05, 3.63) is 0 Å². The molecule has 0 saturated carbocycles. The van der Waals surface area contributed by atoms with Crippen molar-refractivity contribution in [3.8, 4) is 0 Å². The van der Waals surface area contributed by atoms with Gasteiger partial charge in [0.2, 0.25) is 10.0 Å². The predicted molar refractivity (Wildman–Crippen MR) is 50.1 cm³/mol. The van der Waals surface area contributed by atoms with E-state index in [4.69, 9.17) is 5.11 Å². The molecule has 2 N–H and O–H groups in total. The molecule has 0 aliphatic heterocycles. The third kappa shape index (κ3) is 4.03. The molecule has 6 nitrogen and oxygen atoms in total. The Balaban J connectivity index is 4.39. The van der Waals surface area contributed by atoms with Crippen LogP contribution in [-0.2, 0) is 19.6 Å². The molecular weight excluding hydrogens is 210 g/mol. The van der Waals surface area contributed by atoms with E-state index in [0.29, 0.717) is 0 Å². The third-order valence-electron chi connectivity index (χ3n) is 1.58. The second kappa shape index (κ2) is 5.28. The largest absolute Gasteiger partial charge is 0.468 e. The van der Waals surface area contributed by atoms with E-state index >= 15 is 0 Å². The Hall–Kier alpha value is -0.660. The summed E-state index contributed by atoms with van der Waals surface area (Å²) in [5, 5.41) is 7.58. The number of esters is 1. The van der Waals surface area contributed by atoms with Gasteiger partial charge in [0.25, 0.3) is 0 Å². The highest BCUT2D eigenvalue weighted by Gasteiger charge is 2.28. The summed E-state index contributed by atoms with van der Waals surface area (Å²) in [5.41, 5.74) is 0. The zero-order valence-corrected chi connectivity index (χ0v) is 9.17. The number of ether oxygens (including phenoxy) is 1. The molecule has 14 heavy (non-hydrogen) atoms. The molecule has 7 heteroatoms. The van der Waals surface area contributed by atoms with Crippen LogP contribution in [-0.4, -0.2) is 44.5 Å². The summed E-state index contributed by atoms with van der Waals surface area (Å²) in [7, 11) is -2.64. The maximum absolute atomic E-state index is 11.3. The predicted octanol–water partition coefficient (Wildman–Crippen LogP) is -1.15. The van der Waals surface area contributed by atoms with Crippen LogP contribution in [0.1, 0.15) is 13.8 Å². The molecule has 2 atom stereocenters. The molecule has 2 unspecified atom stereocenters. The molecule has 0 fully saturated rings. The third-order valence-corrected chi connectivity index (χ3v) is 3.27. The van der Waals surface area contributed by atoms with Crippen LogP contribution in [0.2, 0.25) is 0 Å². The Morgan fingerprint density at radius 3 is 2.36 bits per heavy atom. The minimum atomic E-state index is -3.75. The molecule has 0 spiro atoms. The Morgan fingerprint density at radius 1 is 1.50 bits per heavy atom. The van der Waals surface area contributed by atoms with Crippen LogP contribution in [0, 0.1) is 0 Å². The number of aliphatic hydroxyl groups excluding tert-OH is 1. The fourth-order valence-electron chi connectivity index (χ4n) is 0.654. The molecule has 0 aromatic carbocycles.